The van der Waals surface area contributed by atoms with Gasteiger partial charge in [-0.3, -0.25) is 14.4 Å². The summed E-state index contributed by atoms with van der Waals surface area (Å²) in [5.74, 6) is -0.166. The SMILES string of the molecule is O=C(O)CCC(=O)Nc1ccc(SC(C(=O)Nc2ccc(Oc3ccccc3)cc2)c2ccccc2)cc1. The van der Waals surface area contributed by atoms with Crippen molar-refractivity contribution in [3.8, 4) is 11.5 Å². The molecule has 192 valence electrons. The zero-order valence-electron chi connectivity index (χ0n) is 20.4. The van der Waals surface area contributed by atoms with Crippen LogP contribution in [0, 0.1) is 0 Å². The lowest BCUT2D eigenvalue weighted by Gasteiger charge is -2.17. The van der Waals surface area contributed by atoms with Gasteiger partial charge >= 0.3 is 5.97 Å². The molecule has 7 nitrogen and oxygen atoms in total. The molecule has 4 rings (SSSR count). The molecule has 0 heterocycles. The molecule has 3 N–H and O–H groups in total. The molecule has 0 spiro atoms. The van der Waals surface area contributed by atoms with Gasteiger partial charge in [0.25, 0.3) is 0 Å². The summed E-state index contributed by atoms with van der Waals surface area (Å²) in [4.78, 5) is 36.8. The molecule has 1 unspecified atom stereocenters. The third kappa shape index (κ3) is 7.97. The summed E-state index contributed by atoms with van der Waals surface area (Å²) in [5, 5.41) is 13.9. The summed E-state index contributed by atoms with van der Waals surface area (Å²) in [6.45, 7) is 0. The van der Waals surface area contributed by atoms with Crippen molar-refractivity contribution in [3.05, 3.63) is 115 Å². The maximum absolute atomic E-state index is 13.4. The van der Waals surface area contributed by atoms with Crippen LogP contribution in [0.5, 0.6) is 11.5 Å². The molecule has 2 amide bonds. The Bertz CT molecular complexity index is 1360. The summed E-state index contributed by atoms with van der Waals surface area (Å²) in [6, 6.07) is 33.2. The standard InChI is InChI=1S/C30H26N2O5S/c33-27(19-20-28(34)35)31-22-13-17-26(18-14-22)38-29(21-7-3-1-4-8-21)30(36)32-23-11-15-25(16-12-23)37-24-9-5-2-6-10-24/h1-18,29H,19-20H2,(H,31,33)(H,32,36)(H,34,35). The van der Waals surface area contributed by atoms with E-state index in [0.717, 1.165) is 16.2 Å². The number of para-hydroxylation sites is 1. The van der Waals surface area contributed by atoms with E-state index in [4.69, 9.17) is 9.84 Å². The highest BCUT2D eigenvalue weighted by molar-refractivity contribution is 8.00. The molecule has 0 saturated carbocycles. The van der Waals surface area contributed by atoms with Crippen LogP contribution < -0.4 is 15.4 Å². The number of benzene rings is 4. The van der Waals surface area contributed by atoms with Gasteiger partial charge in [0.1, 0.15) is 16.7 Å². The summed E-state index contributed by atoms with van der Waals surface area (Å²) in [7, 11) is 0. The zero-order valence-corrected chi connectivity index (χ0v) is 21.2. The maximum Gasteiger partial charge on any atom is 0.303 e. The van der Waals surface area contributed by atoms with Gasteiger partial charge in [0.15, 0.2) is 0 Å². The fraction of sp³-hybridized carbons (Fsp3) is 0.100. The van der Waals surface area contributed by atoms with E-state index in [-0.39, 0.29) is 24.7 Å². The van der Waals surface area contributed by atoms with Gasteiger partial charge in [0, 0.05) is 22.7 Å². The van der Waals surface area contributed by atoms with Crippen molar-refractivity contribution in [3.63, 3.8) is 0 Å². The highest BCUT2D eigenvalue weighted by Gasteiger charge is 2.22. The van der Waals surface area contributed by atoms with Crippen LogP contribution in [0.2, 0.25) is 0 Å². The first kappa shape index (κ1) is 26.5. The fourth-order valence-electron chi connectivity index (χ4n) is 3.54. The van der Waals surface area contributed by atoms with Crippen molar-refractivity contribution in [2.24, 2.45) is 0 Å². The first-order valence-corrected chi connectivity index (χ1v) is 12.8. The number of hydrogen-bond donors (Lipinski definition) is 3. The predicted molar refractivity (Wildman–Crippen MR) is 149 cm³/mol. The Kier molecular flexibility index (Phi) is 9.15. The van der Waals surface area contributed by atoms with E-state index in [9.17, 15) is 14.4 Å². The first-order chi connectivity index (χ1) is 18.5. The first-order valence-electron chi connectivity index (χ1n) is 11.9. The van der Waals surface area contributed by atoms with Gasteiger partial charge in [0.05, 0.1) is 6.42 Å². The van der Waals surface area contributed by atoms with Crippen LogP contribution >= 0.6 is 11.8 Å². The molecule has 4 aromatic rings. The lowest BCUT2D eigenvalue weighted by Crippen LogP contribution is -2.19. The molecule has 0 radical (unpaired) electrons. The van der Waals surface area contributed by atoms with Crippen molar-refractivity contribution in [1.82, 2.24) is 0 Å². The third-order valence-electron chi connectivity index (χ3n) is 5.40. The van der Waals surface area contributed by atoms with Crippen LogP contribution in [-0.4, -0.2) is 22.9 Å². The van der Waals surface area contributed by atoms with Crippen molar-refractivity contribution >= 4 is 40.9 Å². The second-order valence-electron chi connectivity index (χ2n) is 8.30. The zero-order chi connectivity index (χ0) is 26.7. The molecule has 0 aliphatic heterocycles. The lowest BCUT2D eigenvalue weighted by atomic mass is 10.1. The Labute approximate surface area is 224 Å². The fourth-order valence-corrected chi connectivity index (χ4v) is 4.56. The van der Waals surface area contributed by atoms with Gasteiger partial charge < -0.3 is 20.5 Å². The minimum absolute atomic E-state index is 0.0958. The highest BCUT2D eigenvalue weighted by atomic mass is 32.2. The number of amides is 2. The van der Waals surface area contributed by atoms with E-state index < -0.39 is 11.2 Å². The number of anilines is 2. The average molecular weight is 527 g/mol. The minimum atomic E-state index is -1.02. The van der Waals surface area contributed by atoms with Gasteiger partial charge in [-0.25, -0.2) is 0 Å². The number of carboxylic acid groups (broad SMARTS) is 1. The Balaban J connectivity index is 1.42. The van der Waals surface area contributed by atoms with E-state index >= 15 is 0 Å². The maximum atomic E-state index is 13.4. The van der Waals surface area contributed by atoms with Crippen LogP contribution in [0.3, 0.4) is 0 Å². The number of carbonyl (C=O) groups excluding carboxylic acids is 2. The van der Waals surface area contributed by atoms with Crippen molar-refractivity contribution in [1.29, 1.82) is 0 Å². The van der Waals surface area contributed by atoms with Gasteiger partial charge in [-0.05, 0) is 66.2 Å². The van der Waals surface area contributed by atoms with Crippen LogP contribution in [0.1, 0.15) is 23.7 Å². The normalized spacial score (nSPS) is 11.3. The molecular formula is C30H26N2O5S. The summed E-state index contributed by atoms with van der Waals surface area (Å²) >= 11 is 1.39. The number of aliphatic carboxylic acids is 1. The van der Waals surface area contributed by atoms with Crippen molar-refractivity contribution in [2.75, 3.05) is 10.6 Å². The van der Waals surface area contributed by atoms with Crippen molar-refractivity contribution < 1.29 is 24.2 Å². The second-order valence-corrected chi connectivity index (χ2v) is 9.48. The molecule has 0 aromatic heterocycles. The predicted octanol–water partition coefficient (Wildman–Crippen LogP) is 6.75. The molecule has 0 bridgehead atoms. The van der Waals surface area contributed by atoms with Crippen LogP contribution in [0.25, 0.3) is 0 Å². The molecule has 4 aromatic carbocycles. The number of nitrogens with one attached hydrogen (secondary N) is 2. The van der Waals surface area contributed by atoms with Gasteiger partial charge in [-0.2, -0.15) is 0 Å². The van der Waals surface area contributed by atoms with E-state index in [2.05, 4.69) is 10.6 Å². The number of rotatable bonds is 11. The molecule has 0 aliphatic rings. The monoisotopic (exact) mass is 526 g/mol. The largest absolute Gasteiger partial charge is 0.481 e. The van der Waals surface area contributed by atoms with E-state index in [1.807, 2.05) is 72.8 Å². The molecule has 0 fully saturated rings. The Morgan fingerprint density at radius 3 is 1.87 bits per heavy atom. The average Bonchev–Trinajstić information content (AvgIpc) is 2.93. The molecule has 0 saturated heterocycles. The summed E-state index contributed by atoms with van der Waals surface area (Å²) < 4.78 is 5.82. The van der Waals surface area contributed by atoms with Crippen LogP contribution in [0.4, 0.5) is 11.4 Å². The third-order valence-corrected chi connectivity index (χ3v) is 6.67. The second kappa shape index (κ2) is 13.1. The van der Waals surface area contributed by atoms with Gasteiger partial charge in [0.2, 0.25) is 11.8 Å². The Morgan fingerprint density at radius 2 is 1.24 bits per heavy atom. The number of carboxylic acids is 1. The number of thioether (sulfide) groups is 1. The smallest absolute Gasteiger partial charge is 0.303 e. The summed E-state index contributed by atoms with van der Waals surface area (Å²) in [5.41, 5.74) is 2.06. The number of hydrogen-bond acceptors (Lipinski definition) is 5. The summed E-state index contributed by atoms with van der Waals surface area (Å²) in [6.07, 6.45) is -0.322. The Hall–Kier alpha value is -4.56. The van der Waals surface area contributed by atoms with Gasteiger partial charge in [-0.15, -0.1) is 11.8 Å². The number of ether oxygens (including phenoxy) is 1. The lowest BCUT2D eigenvalue weighted by molar-refractivity contribution is -0.138. The van der Waals surface area contributed by atoms with E-state index in [0.29, 0.717) is 17.1 Å². The molecule has 38 heavy (non-hydrogen) atoms. The quantitative estimate of drug-likeness (QED) is 0.187. The van der Waals surface area contributed by atoms with Gasteiger partial charge in [-0.1, -0.05) is 48.5 Å². The van der Waals surface area contributed by atoms with Crippen LogP contribution in [0.15, 0.2) is 114 Å². The van der Waals surface area contributed by atoms with E-state index in [1.165, 1.54) is 11.8 Å². The number of carbonyl (C=O) groups is 3. The van der Waals surface area contributed by atoms with Crippen LogP contribution in [-0.2, 0) is 14.4 Å². The topological polar surface area (TPSA) is 105 Å². The molecular weight excluding hydrogens is 500 g/mol. The van der Waals surface area contributed by atoms with Crippen molar-refractivity contribution in [2.45, 2.75) is 23.0 Å². The van der Waals surface area contributed by atoms with E-state index in [1.54, 1.807) is 36.4 Å². The molecule has 0 aliphatic carbocycles. The molecule has 8 heteroatoms. The minimum Gasteiger partial charge on any atom is -0.481 e. The highest BCUT2D eigenvalue weighted by Crippen LogP contribution is 2.37. The molecule has 1 atom stereocenters. The Morgan fingerprint density at radius 1 is 0.684 bits per heavy atom.